The molecule has 2 heterocycles. The quantitative estimate of drug-likeness (QED) is 0.626. The van der Waals surface area contributed by atoms with Crippen LogP contribution in [0.5, 0.6) is 0 Å². The molecule has 2 aliphatic heterocycles. The first-order valence-electron chi connectivity index (χ1n) is 4.57. The number of piperazine rings is 1. The van der Waals surface area contributed by atoms with Gasteiger partial charge in [-0.2, -0.15) is 0 Å². The molecular formula is C9H12N2O3. The van der Waals surface area contributed by atoms with Crippen LogP contribution in [0.1, 0.15) is 6.42 Å². The molecular weight excluding hydrogens is 184 g/mol. The van der Waals surface area contributed by atoms with Crippen LogP contribution in [0.3, 0.4) is 0 Å². The van der Waals surface area contributed by atoms with Gasteiger partial charge in [0.1, 0.15) is 12.6 Å². The van der Waals surface area contributed by atoms with Crippen molar-refractivity contribution in [3.63, 3.8) is 0 Å². The standard InChI is InChI=1S/C9H12N2O3/c1-2-3-14-9(13)11-5-6-4-7(11)8(12)10-6/h2,6-7H,1,3-5H2,(H,10,12)/t6-,7-/m1/s1. The van der Waals surface area contributed by atoms with Crippen LogP contribution < -0.4 is 5.32 Å². The number of hydrogen-bond donors (Lipinski definition) is 1. The van der Waals surface area contributed by atoms with Gasteiger partial charge in [0.25, 0.3) is 0 Å². The highest BCUT2D eigenvalue weighted by atomic mass is 16.6. The van der Waals surface area contributed by atoms with Gasteiger partial charge in [-0.25, -0.2) is 4.79 Å². The molecule has 2 aliphatic rings. The fourth-order valence-corrected chi connectivity index (χ4v) is 1.90. The Bertz CT molecular complexity index is 290. The minimum Gasteiger partial charge on any atom is -0.445 e. The summed E-state index contributed by atoms with van der Waals surface area (Å²) in [5.41, 5.74) is 0. The number of nitrogens with zero attached hydrogens (tertiary/aromatic N) is 1. The lowest BCUT2D eigenvalue weighted by molar-refractivity contribution is -0.124. The van der Waals surface area contributed by atoms with Crippen molar-refractivity contribution in [2.24, 2.45) is 0 Å². The van der Waals surface area contributed by atoms with Gasteiger partial charge in [-0.05, 0) is 6.42 Å². The predicted octanol–water partition coefficient (Wildman–Crippen LogP) is -0.118. The minimum atomic E-state index is -0.424. The summed E-state index contributed by atoms with van der Waals surface area (Å²) in [6.07, 6.45) is 1.79. The Kier molecular flexibility index (Phi) is 2.15. The third kappa shape index (κ3) is 1.34. The normalized spacial score (nSPS) is 28.9. The number of rotatable bonds is 2. The Morgan fingerprint density at radius 3 is 3.14 bits per heavy atom. The van der Waals surface area contributed by atoms with E-state index in [4.69, 9.17) is 4.74 Å². The molecule has 2 bridgehead atoms. The van der Waals surface area contributed by atoms with Crippen molar-refractivity contribution in [1.82, 2.24) is 10.2 Å². The number of likely N-dealkylation sites (tertiary alicyclic amines) is 1. The highest BCUT2D eigenvalue weighted by Crippen LogP contribution is 2.24. The van der Waals surface area contributed by atoms with Crippen molar-refractivity contribution >= 4 is 12.0 Å². The molecule has 5 heteroatoms. The lowest BCUT2D eigenvalue weighted by Crippen LogP contribution is -2.50. The molecule has 0 saturated carbocycles. The van der Waals surface area contributed by atoms with E-state index < -0.39 is 6.09 Å². The van der Waals surface area contributed by atoms with E-state index in [-0.39, 0.29) is 24.6 Å². The average Bonchev–Trinajstić information content (AvgIpc) is 2.72. The van der Waals surface area contributed by atoms with Gasteiger partial charge in [0.15, 0.2) is 0 Å². The number of nitrogens with one attached hydrogen (secondary N) is 1. The Morgan fingerprint density at radius 2 is 2.57 bits per heavy atom. The molecule has 5 nitrogen and oxygen atoms in total. The molecule has 76 valence electrons. The Morgan fingerprint density at radius 1 is 1.79 bits per heavy atom. The monoisotopic (exact) mass is 196 g/mol. The molecule has 0 radical (unpaired) electrons. The second kappa shape index (κ2) is 3.32. The summed E-state index contributed by atoms with van der Waals surface area (Å²) < 4.78 is 4.86. The van der Waals surface area contributed by atoms with Gasteiger partial charge in [0.05, 0.1) is 0 Å². The smallest absolute Gasteiger partial charge is 0.410 e. The molecule has 2 fully saturated rings. The largest absolute Gasteiger partial charge is 0.445 e. The van der Waals surface area contributed by atoms with Crippen LogP contribution in [0.2, 0.25) is 0 Å². The van der Waals surface area contributed by atoms with Gasteiger partial charge in [0.2, 0.25) is 5.91 Å². The van der Waals surface area contributed by atoms with Gasteiger partial charge >= 0.3 is 6.09 Å². The fourth-order valence-electron chi connectivity index (χ4n) is 1.90. The van der Waals surface area contributed by atoms with Crippen LogP contribution in [-0.4, -0.2) is 42.1 Å². The highest BCUT2D eigenvalue weighted by Gasteiger charge is 2.46. The van der Waals surface area contributed by atoms with E-state index in [0.717, 1.165) is 0 Å². The average molecular weight is 196 g/mol. The molecule has 2 atom stereocenters. The summed E-state index contributed by atoms with van der Waals surface area (Å²) in [6, 6.07) is -0.207. The Balaban J connectivity index is 1.96. The maximum Gasteiger partial charge on any atom is 0.410 e. The lowest BCUT2D eigenvalue weighted by Gasteiger charge is -2.25. The number of hydrogen-bond acceptors (Lipinski definition) is 3. The van der Waals surface area contributed by atoms with E-state index in [2.05, 4.69) is 11.9 Å². The van der Waals surface area contributed by atoms with Crippen molar-refractivity contribution in [3.05, 3.63) is 12.7 Å². The van der Waals surface area contributed by atoms with E-state index in [9.17, 15) is 9.59 Å². The first-order valence-corrected chi connectivity index (χ1v) is 4.57. The van der Waals surface area contributed by atoms with E-state index in [1.165, 1.54) is 11.0 Å². The highest BCUT2D eigenvalue weighted by molar-refractivity contribution is 5.89. The Hall–Kier alpha value is -1.52. The zero-order valence-electron chi connectivity index (χ0n) is 7.73. The number of amides is 2. The SMILES string of the molecule is C=CCOC(=O)N1C[C@H]2C[C@@H]1C(=O)N2. The van der Waals surface area contributed by atoms with Crippen LogP contribution in [-0.2, 0) is 9.53 Å². The second-order valence-corrected chi connectivity index (χ2v) is 3.47. The van der Waals surface area contributed by atoms with Gasteiger partial charge in [-0.15, -0.1) is 0 Å². The number of carbonyl (C=O) groups is 2. The molecule has 2 amide bonds. The molecule has 2 rings (SSSR count). The van der Waals surface area contributed by atoms with Crippen LogP contribution in [0.25, 0.3) is 0 Å². The van der Waals surface area contributed by atoms with Crippen LogP contribution in [0.4, 0.5) is 4.79 Å². The fraction of sp³-hybridized carbons (Fsp3) is 0.556. The third-order valence-corrected chi connectivity index (χ3v) is 2.51. The number of ether oxygens (including phenoxy) is 1. The molecule has 0 unspecified atom stereocenters. The van der Waals surface area contributed by atoms with Crippen molar-refractivity contribution < 1.29 is 14.3 Å². The molecule has 0 aromatic carbocycles. The molecule has 2 saturated heterocycles. The molecule has 0 aliphatic carbocycles. The third-order valence-electron chi connectivity index (χ3n) is 2.51. The van der Waals surface area contributed by atoms with Crippen LogP contribution >= 0.6 is 0 Å². The van der Waals surface area contributed by atoms with Crippen molar-refractivity contribution in [1.29, 1.82) is 0 Å². The molecule has 0 aromatic heterocycles. The van der Waals surface area contributed by atoms with Gasteiger partial charge in [0, 0.05) is 12.6 Å². The zero-order valence-corrected chi connectivity index (χ0v) is 7.73. The lowest BCUT2D eigenvalue weighted by atomic mass is 10.2. The van der Waals surface area contributed by atoms with Crippen LogP contribution in [0, 0.1) is 0 Å². The maximum absolute atomic E-state index is 11.4. The van der Waals surface area contributed by atoms with Gasteiger partial charge in [-0.1, -0.05) is 12.7 Å². The van der Waals surface area contributed by atoms with E-state index >= 15 is 0 Å². The summed E-state index contributed by atoms with van der Waals surface area (Å²) in [4.78, 5) is 24.1. The van der Waals surface area contributed by atoms with Crippen LogP contribution in [0.15, 0.2) is 12.7 Å². The van der Waals surface area contributed by atoms with Crippen molar-refractivity contribution in [3.8, 4) is 0 Å². The number of carbonyl (C=O) groups excluding carboxylic acids is 2. The summed E-state index contributed by atoms with van der Waals surface area (Å²) in [6.45, 7) is 4.20. The topological polar surface area (TPSA) is 58.6 Å². The van der Waals surface area contributed by atoms with Gasteiger partial charge in [-0.3, -0.25) is 9.69 Å². The second-order valence-electron chi connectivity index (χ2n) is 3.47. The summed E-state index contributed by atoms with van der Waals surface area (Å²) >= 11 is 0. The molecule has 1 N–H and O–H groups in total. The first-order chi connectivity index (χ1) is 6.72. The summed E-state index contributed by atoms with van der Waals surface area (Å²) in [5, 5.41) is 2.79. The molecule has 14 heavy (non-hydrogen) atoms. The van der Waals surface area contributed by atoms with Crippen molar-refractivity contribution in [2.75, 3.05) is 13.2 Å². The van der Waals surface area contributed by atoms with E-state index in [1.54, 1.807) is 0 Å². The molecule has 0 spiro atoms. The molecule has 0 aromatic rings. The minimum absolute atomic E-state index is 0.0724. The predicted molar refractivity (Wildman–Crippen MR) is 48.6 cm³/mol. The van der Waals surface area contributed by atoms with E-state index in [0.29, 0.717) is 13.0 Å². The van der Waals surface area contributed by atoms with E-state index in [1.807, 2.05) is 0 Å². The zero-order chi connectivity index (χ0) is 10.1. The summed E-state index contributed by atoms with van der Waals surface area (Å²) in [5.74, 6) is -0.0724. The van der Waals surface area contributed by atoms with Gasteiger partial charge < -0.3 is 10.1 Å². The maximum atomic E-state index is 11.4. The van der Waals surface area contributed by atoms with Crippen molar-refractivity contribution in [2.45, 2.75) is 18.5 Å². The first kappa shape index (κ1) is 9.05. The summed E-state index contributed by atoms with van der Waals surface area (Å²) in [7, 11) is 0. The number of fused-ring (bicyclic) bond motifs is 2. The Labute approximate surface area is 81.7 Å².